The highest BCUT2D eigenvalue weighted by Crippen LogP contribution is 2.10. The monoisotopic (exact) mass is 220 g/mol. The summed E-state index contributed by atoms with van der Waals surface area (Å²) in [6.45, 7) is 3.79. The van der Waals surface area contributed by atoms with Crippen LogP contribution in [-0.4, -0.2) is 17.7 Å². The van der Waals surface area contributed by atoms with Gasteiger partial charge in [-0.15, -0.1) is 12.4 Å². The molecule has 1 atom stereocenters. The summed E-state index contributed by atoms with van der Waals surface area (Å²) in [4.78, 5) is 11.1. The van der Waals surface area contributed by atoms with Gasteiger partial charge in [0.1, 0.15) is 5.69 Å². The largest absolute Gasteiger partial charge is 0.460 e. The third-order valence-corrected chi connectivity index (χ3v) is 1.47. The first-order chi connectivity index (χ1) is 6.15. The average molecular weight is 221 g/mol. The number of esters is 1. The molecule has 1 heterocycles. The maximum atomic E-state index is 11.1. The topological polar surface area (TPSA) is 78.4 Å². The molecule has 0 aliphatic heterocycles. The lowest BCUT2D eigenvalue weighted by atomic mass is 10.2. The molecule has 5 nitrogen and oxygen atoms in total. The number of carbonyl (C=O) groups excluding carboxylic acids is 1. The summed E-state index contributed by atoms with van der Waals surface area (Å²) in [6, 6.07) is 1.25. The summed E-state index contributed by atoms with van der Waals surface area (Å²) in [5, 5.41) is 3.62. The van der Waals surface area contributed by atoms with Crippen LogP contribution in [0, 0.1) is 0 Å². The molecule has 14 heavy (non-hydrogen) atoms. The first-order valence-electron chi connectivity index (χ1n) is 4.04. The molecule has 0 spiro atoms. The van der Waals surface area contributed by atoms with Crippen molar-refractivity contribution in [2.45, 2.75) is 19.9 Å². The van der Waals surface area contributed by atoms with Gasteiger partial charge in [-0.1, -0.05) is 5.16 Å². The lowest BCUT2D eigenvalue weighted by Gasteiger charge is -1.95. The van der Waals surface area contributed by atoms with Crippen LogP contribution in [0.3, 0.4) is 0 Å². The summed E-state index contributed by atoms with van der Waals surface area (Å²) in [7, 11) is 0. The van der Waals surface area contributed by atoms with Crippen molar-refractivity contribution in [1.82, 2.24) is 5.16 Å². The predicted octanol–water partition coefficient (Wildman–Crippen LogP) is 1.29. The van der Waals surface area contributed by atoms with Gasteiger partial charge in [0.2, 0.25) is 5.76 Å². The Morgan fingerprint density at radius 1 is 1.79 bits per heavy atom. The standard InChI is InChI=1S/C8H12N2O3.ClH/c1-3-12-8(11)7-4-6(5(2)9)10-13-7;/h4-5H,3,9H2,1-2H3;1H/t5-;/m1./s1. The van der Waals surface area contributed by atoms with Gasteiger partial charge in [0.05, 0.1) is 6.61 Å². The molecule has 6 heteroatoms. The Balaban J connectivity index is 0.00000169. The number of hydrogen-bond acceptors (Lipinski definition) is 5. The maximum absolute atomic E-state index is 11.1. The molecule has 0 amide bonds. The van der Waals surface area contributed by atoms with Gasteiger partial charge in [-0.25, -0.2) is 4.79 Å². The summed E-state index contributed by atoms with van der Waals surface area (Å²) in [5.41, 5.74) is 6.07. The average Bonchev–Trinajstić information content (AvgIpc) is 2.52. The summed E-state index contributed by atoms with van der Waals surface area (Å²) >= 11 is 0. The molecule has 0 aliphatic carbocycles. The molecule has 1 aromatic rings. The Bertz CT molecular complexity index is 299. The summed E-state index contributed by atoms with van der Waals surface area (Å²) < 4.78 is 9.44. The number of rotatable bonds is 3. The third kappa shape index (κ3) is 3.01. The van der Waals surface area contributed by atoms with Crippen molar-refractivity contribution in [3.8, 4) is 0 Å². The van der Waals surface area contributed by atoms with Crippen molar-refractivity contribution < 1.29 is 14.1 Å². The zero-order valence-electron chi connectivity index (χ0n) is 8.02. The summed E-state index contributed by atoms with van der Waals surface area (Å²) in [5.74, 6) is -0.420. The van der Waals surface area contributed by atoms with Crippen LogP contribution in [0.4, 0.5) is 0 Å². The first-order valence-corrected chi connectivity index (χ1v) is 4.04. The number of carbonyl (C=O) groups is 1. The van der Waals surface area contributed by atoms with E-state index in [0.29, 0.717) is 12.3 Å². The van der Waals surface area contributed by atoms with Gasteiger partial charge in [0, 0.05) is 12.1 Å². The molecule has 1 aromatic heterocycles. The molecule has 0 bridgehead atoms. The number of nitrogens with zero attached hydrogens (tertiary/aromatic N) is 1. The zero-order chi connectivity index (χ0) is 9.84. The van der Waals surface area contributed by atoms with Crippen molar-refractivity contribution in [3.05, 3.63) is 17.5 Å². The lowest BCUT2D eigenvalue weighted by molar-refractivity contribution is 0.0479. The van der Waals surface area contributed by atoms with Crippen LogP contribution in [0.25, 0.3) is 0 Å². The van der Waals surface area contributed by atoms with E-state index < -0.39 is 5.97 Å². The molecule has 2 N–H and O–H groups in total. The minimum Gasteiger partial charge on any atom is -0.460 e. The SMILES string of the molecule is CCOC(=O)c1cc([C@@H](C)N)no1.Cl. The lowest BCUT2D eigenvalue weighted by Crippen LogP contribution is -2.05. The number of hydrogen-bond donors (Lipinski definition) is 1. The molecular weight excluding hydrogens is 208 g/mol. The highest BCUT2D eigenvalue weighted by atomic mass is 35.5. The van der Waals surface area contributed by atoms with Crippen molar-refractivity contribution in [2.75, 3.05) is 6.61 Å². The Kier molecular flexibility index (Phi) is 5.19. The van der Waals surface area contributed by atoms with E-state index in [-0.39, 0.29) is 24.2 Å². The molecule has 80 valence electrons. The van der Waals surface area contributed by atoms with E-state index in [9.17, 15) is 4.79 Å². The molecule has 0 saturated carbocycles. The molecule has 0 aromatic carbocycles. The van der Waals surface area contributed by atoms with Gasteiger partial charge in [-0.3, -0.25) is 0 Å². The second kappa shape index (κ2) is 5.62. The van der Waals surface area contributed by atoms with E-state index in [1.54, 1.807) is 13.8 Å². The smallest absolute Gasteiger partial charge is 0.377 e. The van der Waals surface area contributed by atoms with Crippen molar-refractivity contribution >= 4 is 18.4 Å². The molecule has 0 unspecified atom stereocenters. The number of nitrogens with two attached hydrogens (primary N) is 1. The second-order valence-electron chi connectivity index (χ2n) is 2.63. The minimum absolute atomic E-state index is 0. The first kappa shape index (κ1) is 12.9. The fourth-order valence-electron chi connectivity index (χ4n) is 0.802. The molecule has 0 fully saturated rings. The fraction of sp³-hybridized carbons (Fsp3) is 0.500. The van der Waals surface area contributed by atoms with Crippen LogP contribution < -0.4 is 5.73 Å². The van der Waals surface area contributed by atoms with Crippen LogP contribution in [0.2, 0.25) is 0 Å². The normalized spacial score (nSPS) is 11.6. The van der Waals surface area contributed by atoms with Gasteiger partial charge in [-0.05, 0) is 13.8 Å². The molecule has 0 saturated heterocycles. The van der Waals surface area contributed by atoms with Gasteiger partial charge in [0.25, 0.3) is 0 Å². The highest BCUT2D eigenvalue weighted by Gasteiger charge is 2.15. The summed E-state index contributed by atoms with van der Waals surface area (Å²) in [6.07, 6.45) is 0. The van der Waals surface area contributed by atoms with E-state index in [0.717, 1.165) is 0 Å². The molecular formula is C8H13ClN2O3. The molecule has 1 rings (SSSR count). The van der Waals surface area contributed by atoms with Gasteiger partial charge in [0.15, 0.2) is 0 Å². The predicted molar refractivity (Wildman–Crippen MR) is 52.3 cm³/mol. The van der Waals surface area contributed by atoms with Crippen molar-refractivity contribution in [3.63, 3.8) is 0 Å². The Labute approximate surface area is 88.0 Å². The Morgan fingerprint density at radius 3 is 2.86 bits per heavy atom. The molecule has 0 aliphatic rings. The zero-order valence-corrected chi connectivity index (χ0v) is 8.84. The van der Waals surface area contributed by atoms with Crippen molar-refractivity contribution in [2.24, 2.45) is 5.73 Å². The van der Waals surface area contributed by atoms with E-state index in [2.05, 4.69) is 5.16 Å². The molecule has 0 radical (unpaired) electrons. The van der Waals surface area contributed by atoms with Gasteiger partial charge in [-0.2, -0.15) is 0 Å². The fourth-order valence-corrected chi connectivity index (χ4v) is 0.802. The van der Waals surface area contributed by atoms with Crippen LogP contribution in [-0.2, 0) is 4.74 Å². The Morgan fingerprint density at radius 2 is 2.43 bits per heavy atom. The van der Waals surface area contributed by atoms with E-state index in [1.807, 2.05) is 0 Å². The maximum Gasteiger partial charge on any atom is 0.377 e. The minimum atomic E-state index is -0.512. The Hall–Kier alpha value is -1.07. The van der Waals surface area contributed by atoms with E-state index in [1.165, 1.54) is 6.07 Å². The number of aromatic nitrogens is 1. The van der Waals surface area contributed by atoms with Crippen LogP contribution in [0.5, 0.6) is 0 Å². The third-order valence-electron chi connectivity index (χ3n) is 1.47. The number of ether oxygens (including phenoxy) is 1. The van der Waals surface area contributed by atoms with Crippen LogP contribution in [0.1, 0.15) is 36.1 Å². The highest BCUT2D eigenvalue weighted by molar-refractivity contribution is 5.86. The van der Waals surface area contributed by atoms with Crippen LogP contribution >= 0.6 is 12.4 Å². The second-order valence-corrected chi connectivity index (χ2v) is 2.63. The van der Waals surface area contributed by atoms with Gasteiger partial charge >= 0.3 is 5.97 Å². The van der Waals surface area contributed by atoms with Crippen LogP contribution in [0.15, 0.2) is 10.6 Å². The van der Waals surface area contributed by atoms with E-state index in [4.69, 9.17) is 15.0 Å². The van der Waals surface area contributed by atoms with Gasteiger partial charge < -0.3 is 15.0 Å². The number of halogens is 1. The van der Waals surface area contributed by atoms with E-state index >= 15 is 0 Å². The van der Waals surface area contributed by atoms with Crippen molar-refractivity contribution in [1.29, 1.82) is 0 Å². The quantitative estimate of drug-likeness (QED) is 0.777.